The quantitative estimate of drug-likeness (QED) is 0.0865. The Balaban J connectivity index is 3.09. The van der Waals surface area contributed by atoms with Gasteiger partial charge in [0.1, 0.15) is 0 Å². The van der Waals surface area contributed by atoms with E-state index in [4.69, 9.17) is 0 Å². The minimum atomic E-state index is 0.467. The van der Waals surface area contributed by atoms with Crippen LogP contribution in [-0.4, -0.2) is 0 Å². The lowest BCUT2D eigenvalue weighted by Gasteiger charge is -2.22. The molecule has 0 aliphatic rings. The van der Waals surface area contributed by atoms with E-state index in [-0.39, 0.29) is 0 Å². The molecule has 0 unspecified atom stereocenters. The SMILES string of the molecule is C=CCC(C)(C)CCCCCCCCCCCCCCCCCCCCCCCCCC. The molecule has 0 atom stereocenters. The molecule has 0 aliphatic carbocycles. The van der Waals surface area contributed by atoms with Crippen LogP contribution in [0.2, 0.25) is 0 Å². The molecule has 0 heterocycles. The first kappa shape index (κ1) is 31.7. The van der Waals surface area contributed by atoms with Crippen molar-refractivity contribution < 1.29 is 0 Å². The smallest absolute Gasteiger partial charge is 0.0302 e. The third-order valence-electron chi connectivity index (χ3n) is 7.40. The molecule has 0 aromatic carbocycles. The molecule has 0 fully saturated rings. The van der Waals surface area contributed by atoms with Crippen LogP contribution in [0.3, 0.4) is 0 Å². The molecule has 0 aliphatic heterocycles. The van der Waals surface area contributed by atoms with Gasteiger partial charge in [0.15, 0.2) is 0 Å². The first-order valence-electron chi connectivity index (χ1n) is 15.2. The number of hydrogen-bond acceptors (Lipinski definition) is 0. The van der Waals surface area contributed by atoms with E-state index in [9.17, 15) is 0 Å². The van der Waals surface area contributed by atoms with Crippen LogP contribution in [0.15, 0.2) is 12.7 Å². The van der Waals surface area contributed by atoms with Gasteiger partial charge in [-0.05, 0) is 18.3 Å². The molecule has 0 radical (unpaired) electrons. The molecule has 0 saturated carbocycles. The fourth-order valence-corrected chi connectivity index (χ4v) is 5.06. The van der Waals surface area contributed by atoms with Gasteiger partial charge in [-0.1, -0.05) is 181 Å². The van der Waals surface area contributed by atoms with E-state index in [1.165, 1.54) is 161 Å². The zero-order valence-electron chi connectivity index (χ0n) is 23.2. The van der Waals surface area contributed by atoms with Gasteiger partial charge in [-0.3, -0.25) is 0 Å². The highest BCUT2D eigenvalue weighted by molar-refractivity contribution is 4.79. The normalized spacial score (nSPS) is 11.8. The van der Waals surface area contributed by atoms with Crippen molar-refractivity contribution in [2.24, 2.45) is 5.41 Å². The van der Waals surface area contributed by atoms with Crippen LogP contribution in [0.1, 0.15) is 188 Å². The van der Waals surface area contributed by atoms with Gasteiger partial charge in [-0.25, -0.2) is 0 Å². The van der Waals surface area contributed by atoms with E-state index in [2.05, 4.69) is 33.4 Å². The number of rotatable bonds is 27. The molecule has 0 nitrogen and oxygen atoms in total. The Morgan fingerprint density at radius 1 is 0.438 bits per heavy atom. The Labute approximate surface area is 205 Å². The second-order valence-electron chi connectivity index (χ2n) is 11.5. The molecule has 0 bridgehead atoms. The summed E-state index contributed by atoms with van der Waals surface area (Å²) in [7, 11) is 0. The van der Waals surface area contributed by atoms with Crippen molar-refractivity contribution in [1.29, 1.82) is 0 Å². The van der Waals surface area contributed by atoms with Gasteiger partial charge in [0, 0.05) is 0 Å². The molecule has 0 aromatic heterocycles. The van der Waals surface area contributed by atoms with Gasteiger partial charge in [-0.15, -0.1) is 6.58 Å². The highest BCUT2D eigenvalue weighted by Gasteiger charge is 2.14. The van der Waals surface area contributed by atoms with E-state index < -0.39 is 0 Å². The fraction of sp³-hybridized carbons (Fsp3) is 0.938. The lowest BCUT2D eigenvalue weighted by Crippen LogP contribution is -2.09. The van der Waals surface area contributed by atoms with Crippen molar-refractivity contribution in [2.45, 2.75) is 188 Å². The topological polar surface area (TPSA) is 0 Å². The van der Waals surface area contributed by atoms with E-state index >= 15 is 0 Å². The standard InChI is InChI=1S/C32H64/c1-5-7-8-9-10-11-12-13-14-15-16-17-18-19-20-21-22-23-24-25-26-27-28-29-31-32(3,4)30-6-2/h6H,2,5,7-31H2,1,3-4H3. The van der Waals surface area contributed by atoms with Crippen LogP contribution in [0.4, 0.5) is 0 Å². The average Bonchev–Trinajstić information content (AvgIpc) is 2.76. The summed E-state index contributed by atoms with van der Waals surface area (Å²) in [6, 6.07) is 0. The molecule has 192 valence electrons. The van der Waals surface area contributed by atoms with Crippen molar-refractivity contribution >= 4 is 0 Å². The third kappa shape index (κ3) is 26.0. The molecular formula is C32H64. The Hall–Kier alpha value is -0.260. The Bertz CT molecular complexity index is 353. The number of allylic oxidation sites excluding steroid dienone is 1. The number of hydrogen-bond donors (Lipinski definition) is 0. The first-order valence-corrected chi connectivity index (χ1v) is 15.2. The summed E-state index contributed by atoms with van der Waals surface area (Å²) >= 11 is 0. The van der Waals surface area contributed by atoms with E-state index in [0.29, 0.717) is 5.41 Å². The van der Waals surface area contributed by atoms with Crippen LogP contribution in [0.25, 0.3) is 0 Å². The second-order valence-corrected chi connectivity index (χ2v) is 11.5. The third-order valence-corrected chi connectivity index (χ3v) is 7.40. The fourth-order valence-electron chi connectivity index (χ4n) is 5.06. The summed E-state index contributed by atoms with van der Waals surface area (Å²) < 4.78 is 0. The Kier molecular flexibility index (Phi) is 25.2. The Morgan fingerprint density at radius 2 is 0.688 bits per heavy atom. The molecule has 0 spiro atoms. The maximum Gasteiger partial charge on any atom is -0.0302 e. The minimum Gasteiger partial charge on any atom is -0.103 e. The summed E-state index contributed by atoms with van der Waals surface area (Å²) in [5.41, 5.74) is 0.467. The largest absolute Gasteiger partial charge is 0.103 e. The second kappa shape index (κ2) is 25.4. The number of unbranched alkanes of at least 4 members (excludes halogenated alkanes) is 23. The predicted molar refractivity (Wildman–Crippen MR) is 150 cm³/mol. The van der Waals surface area contributed by atoms with Crippen molar-refractivity contribution in [1.82, 2.24) is 0 Å². The Morgan fingerprint density at radius 3 is 0.938 bits per heavy atom. The van der Waals surface area contributed by atoms with Crippen molar-refractivity contribution in [3.8, 4) is 0 Å². The van der Waals surface area contributed by atoms with Crippen molar-refractivity contribution in [3.05, 3.63) is 12.7 Å². The molecular weight excluding hydrogens is 384 g/mol. The van der Waals surface area contributed by atoms with Gasteiger partial charge >= 0.3 is 0 Å². The van der Waals surface area contributed by atoms with Gasteiger partial charge in [0.2, 0.25) is 0 Å². The summed E-state index contributed by atoms with van der Waals surface area (Å²) in [6.07, 6.45) is 39.8. The molecule has 0 N–H and O–H groups in total. The summed E-state index contributed by atoms with van der Waals surface area (Å²) in [6.45, 7) is 11.0. The highest BCUT2D eigenvalue weighted by atomic mass is 14.2. The van der Waals surface area contributed by atoms with Crippen LogP contribution >= 0.6 is 0 Å². The lowest BCUT2D eigenvalue weighted by molar-refractivity contribution is 0.323. The maximum atomic E-state index is 3.89. The van der Waals surface area contributed by atoms with Gasteiger partial charge < -0.3 is 0 Å². The van der Waals surface area contributed by atoms with E-state index in [1.807, 2.05) is 0 Å². The maximum absolute atomic E-state index is 3.89. The lowest BCUT2D eigenvalue weighted by atomic mass is 9.83. The first-order chi connectivity index (χ1) is 15.6. The minimum absolute atomic E-state index is 0.467. The summed E-state index contributed by atoms with van der Waals surface area (Å²) in [4.78, 5) is 0. The highest BCUT2D eigenvalue weighted by Crippen LogP contribution is 2.28. The van der Waals surface area contributed by atoms with Crippen LogP contribution in [0, 0.1) is 5.41 Å². The summed E-state index contributed by atoms with van der Waals surface area (Å²) in [5.74, 6) is 0. The molecule has 0 rings (SSSR count). The van der Waals surface area contributed by atoms with Crippen LogP contribution in [0.5, 0.6) is 0 Å². The van der Waals surface area contributed by atoms with Crippen LogP contribution in [-0.2, 0) is 0 Å². The van der Waals surface area contributed by atoms with Gasteiger partial charge in [-0.2, -0.15) is 0 Å². The molecule has 0 aromatic rings. The monoisotopic (exact) mass is 449 g/mol. The van der Waals surface area contributed by atoms with Crippen LogP contribution < -0.4 is 0 Å². The molecule has 0 heteroatoms. The predicted octanol–water partition coefficient (Wildman–Crippen LogP) is 12.4. The van der Waals surface area contributed by atoms with E-state index in [1.54, 1.807) is 0 Å². The zero-order valence-corrected chi connectivity index (χ0v) is 23.2. The van der Waals surface area contributed by atoms with Crippen molar-refractivity contribution in [3.63, 3.8) is 0 Å². The average molecular weight is 449 g/mol. The molecule has 0 saturated heterocycles. The van der Waals surface area contributed by atoms with Crippen molar-refractivity contribution in [2.75, 3.05) is 0 Å². The molecule has 0 amide bonds. The molecule has 32 heavy (non-hydrogen) atoms. The summed E-state index contributed by atoms with van der Waals surface area (Å²) in [5, 5.41) is 0. The van der Waals surface area contributed by atoms with Gasteiger partial charge in [0.25, 0.3) is 0 Å². The zero-order chi connectivity index (χ0) is 23.6. The van der Waals surface area contributed by atoms with E-state index in [0.717, 1.165) is 6.42 Å². The van der Waals surface area contributed by atoms with Gasteiger partial charge in [0.05, 0.1) is 0 Å².